The van der Waals surface area contributed by atoms with Crippen molar-refractivity contribution in [2.24, 2.45) is 0 Å². The van der Waals surface area contributed by atoms with Crippen LogP contribution in [-0.2, 0) is 10.1 Å². The van der Waals surface area contributed by atoms with Gasteiger partial charge in [0.25, 0.3) is 10.1 Å². The van der Waals surface area contributed by atoms with Crippen LogP contribution < -0.4 is 14.2 Å². The third-order valence-corrected chi connectivity index (χ3v) is 10.4. The van der Waals surface area contributed by atoms with Gasteiger partial charge in [0.05, 0.1) is 19.8 Å². The summed E-state index contributed by atoms with van der Waals surface area (Å²) in [6.07, 6.45) is 36.8. The molecule has 0 unspecified atom stereocenters. The first-order valence-electron chi connectivity index (χ1n) is 21.0. The molecule has 1 rings (SSSR count). The summed E-state index contributed by atoms with van der Waals surface area (Å²) in [4.78, 5) is -0.246. The molecule has 0 heterocycles. The average Bonchev–Trinajstić information content (AvgIpc) is 3.08. The molecule has 7 heteroatoms. The Bertz CT molecular complexity index is 980. The third-order valence-electron chi connectivity index (χ3n) is 9.56. The molecule has 0 saturated carbocycles. The summed E-state index contributed by atoms with van der Waals surface area (Å²) in [7, 11) is -4.50. The van der Waals surface area contributed by atoms with Crippen LogP contribution in [0.5, 0.6) is 17.2 Å². The zero-order valence-corrected chi connectivity index (χ0v) is 33.2. The van der Waals surface area contributed by atoms with Crippen LogP contribution in [0, 0.1) is 0 Å². The molecule has 0 spiro atoms. The number of hydrogen-bond acceptors (Lipinski definition) is 5. The smallest absolute Gasteiger partial charge is 0.298 e. The lowest BCUT2D eigenvalue weighted by atomic mass is 10.1. The number of rotatable bonds is 37. The van der Waals surface area contributed by atoms with Crippen LogP contribution in [0.2, 0.25) is 0 Å². The lowest BCUT2D eigenvalue weighted by Gasteiger charge is -2.19. The molecule has 0 bridgehead atoms. The largest absolute Gasteiger partial charge is 0.490 e. The molecular formula is C42H78O6S. The predicted octanol–water partition coefficient (Wildman–Crippen LogP) is 13.8. The van der Waals surface area contributed by atoms with E-state index >= 15 is 0 Å². The summed E-state index contributed by atoms with van der Waals surface area (Å²) < 4.78 is 53.5. The maximum Gasteiger partial charge on any atom is 0.298 e. The zero-order chi connectivity index (χ0) is 35.7. The summed E-state index contributed by atoms with van der Waals surface area (Å²) >= 11 is 0. The molecule has 0 aliphatic carbocycles. The van der Waals surface area contributed by atoms with Gasteiger partial charge in [-0.2, -0.15) is 8.42 Å². The molecule has 49 heavy (non-hydrogen) atoms. The molecule has 0 aromatic heterocycles. The van der Waals surface area contributed by atoms with Gasteiger partial charge in [-0.15, -0.1) is 0 Å². The second-order valence-electron chi connectivity index (χ2n) is 14.3. The van der Waals surface area contributed by atoms with Crippen LogP contribution in [-0.4, -0.2) is 32.8 Å². The maximum atomic E-state index is 12.4. The minimum atomic E-state index is -4.50. The SMILES string of the molecule is CCCCCCCCCCCCOc1ccc(S(=O)(=O)O)c(OCCCCCCCCCCCC)c1OCCCCCCCCCCCC. The molecule has 1 N–H and O–H groups in total. The van der Waals surface area contributed by atoms with Gasteiger partial charge in [0.1, 0.15) is 4.90 Å². The van der Waals surface area contributed by atoms with Gasteiger partial charge in [0.2, 0.25) is 5.75 Å². The van der Waals surface area contributed by atoms with Gasteiger partial charge in [0.15, 0.2) is 11.5 Å². The Morgan fingerprint density at radius 3 is 1.02 bits per heavy atom. The zero-order valence-electron chi connectivity index (χ0n) is 32.4. The first-order valence-corrected chi connectivity index (χ1v) is 22.4. The maximum absolute atomic E-state index is 12.4. The average molecular weight is 711 g/mol. The second-order valence-corrected chi connectivity index (χ2v) is 15.7. The van der Waals surface area contributed by atoms with Crippen LogP contribution in [0.15, 0.2) is 17.0 Å². The fraction of sp³-hybridized carbons (Fsp3) is 0.857. The van der Waals surface area contributed by atoms with Crippen molar-refractivity contribution in [3.8, 4) is 17.2 Å². The highest BCUT2D eigenvalue weighted by molar-refractivity contribution is 7.86. The fourth-order valence-corrected chi connectivity index (χ4v) is 7.04. The molecule has 0 aliphatic heterocycles. The predicted molar refractivity (Wildman–Crippen MR) is 208 cm³/mol. The van der Waals surface area contributed by atoms with E-state index in [2.05, 4.69) is 20.8 Å². The highest BCUT2D eigenvalue weighted by atomic mass is 32.2. The minimum absolute atomic E-state index is 0.0890. The Hall–Kier alpha value is -1.47. The Kier molecular flexibility index (Phi) is 30.2. The molecule has 6 nitrogen and oxygen atoms in total. The summed E-state index contributed by atoms with van der Waals surface area (Å²) in [5, 5.41) is 0. The van der Waals surface area contributed by atoms with Crippen molar-refractivity contribution < 1.29 is 27.2 Å². The highest BCUT2D eigenvalue weighted by Crippen LogP contribution is 2.43. The Morgan fingerprint density at radius 1 is 0.408 bits per heavy atom. The molecule has 1 aromatic rings. The molecular weight excluding hydrogens is 633 g/mol. The second kappa shape index (κ2) is 32.4. The third kappa shape index (κ3) is 25.2. The standard InChI is InChI=1S/C42H78O6S/c1-4-7-10-13-16-19-22-25-28-31-36-46-39-34-35-40(49(43,44)45)42(48-38-33-30-27-24-21-18-15-12-9-6-3)41(39)47-37-32-29-26-23-20-17-14-11-8-5-2/h34-35H,4-33,36-38H2,1-3H3,(H,43,44,45). The van der Waals surface area contributed by atoms with Gasteiger partial charge in [-0.3, -0.25) is 4.55 Å². The lowest BCUT2D eigenvalue weighted by molar-refractivity contribution is 0.230. The van der Waals surface area contributed by atoms with Gasteiger partial charge >= 0.3 is 0 Å². The van der Waals surface area contributed by atoms with E-state index in [1.54, 1.807) is 6.07 Å². The van der Waals surface area contributed by atoms with Crippen LogP contribution in [0.25, 0.3) is 0 Å². The molecule has 0 saturated heterocycles. The van der Waals surface area contributed by atoms with E-state index in [-0.39, 0.29) is 10.6 Å². The number of unbranched alkanes of at least 4 members (excludes halogenated alkanes) is 27. The van der Waals surface area contributed by atoms with E-state index in [1.165, 1.54) is 154 Å². The Balaban J connectivity index is 2.70. The van der Waals surface area contributed by atoms with E-state index in [0.717, 1.165) is 44.9 Å². The van der Waals surface area contributed by atoms with Crippen LogP contribution in [0.3, 0.4) is 0 Å². The first-order chi connectivity index (χ1) is 24.0. The van der Waals surface area contributed by atoms with Crippen molar-refractivity contribution in [2.45, 2.75) is 218 Å². The molecule has 288 valence electrons. The monoisotopic (exact) mass is 711 g/mol. The van der Waals surface area contributed by atoms with E-state index in [4.69, 9.17) is 14.2 Å². The van der Waals surface area contributed by atoms with Crippen LogP contribution in [0.1, 0.15) is 213 Å². The van der Waals surface area contributed by atoms with Crippen LogP contribution in [0.4, 0.5) is 0 Å². The molecule has 0 atom stereocenters. The lowest BCUT2D eigenvalue weighted by Crippen LogP contribution is -2.10. The van der Waals surface area contributed by atoms with Crippen molar-refractivity contribution in [1.82, 2.24) is 0 Å². The first kappa shape index (κ1) is 45.6. The number of ether oxygens (including phenoxy) is 3. The van der Waals surface area contributed by atoms with E-state index in [9.17, 15) is 13.0 Å². The number of hydrogen-bond donors (Lipinski definition) is 1. The normalized spacial score (nSPS) is 11.7. The van der Waals surface area contributed by atoms with Crippen molar-refractivity contribution in [3.05, 3.63) is 12.1 Å². The Morgan fingerprint density at radius 2 is 0.694 bits per heavy atom. The van der Waals surface area contributed by atoms with Gasteiger partial charge in [-0.25, -0.2) is 0 Å². The molecule has 0 aliphatic rings. The topological polar surface area (TPSA) is 82.1 Å². The Labute approximate surface area is 304 Å². The minimum Gasteiger partial charge on any atom is -0.490 e. The summed E-state index contributed by atoms with van der Waals surface area (Å²) in [6.45, 7) is 8.12. The van der Waals surface area contributed by atoms with Crippen molar-refractivity contribution in [2.75, 3.05) is 19.8 Å². The summed E-state index contributed by atoms with van der Waals surface area (Å²) in [5.74, 6) is 0.893. The van der Waals surface area contributed by atoms with Crippen molar-refractivity contribution in [1.29, 1.82) is 0 Å². The van der Waals surface area contributed by atoms with E-state index < -0.39 is 10.1 Å². The van der Waals surface area contributed by atoms with E-state index in [0.29, 0.717) is 31.3 Å². The molecule has 1 aromatic carbocycles. The molecule has 0 fully saturated rings. The van der Waals surface area contributed by atoms with Gasteiger partial charge in [-0.1, -0.05) is 194 Å². The number of benzene rings is 1. The van der Waals surface area contributed by atoms with Crippen LogP contribution >= 0.6 is 0 Å². The van der Waals surface area contributed by atoms with E-state index in [1.807, 2.05) is 0 Å². The summed E-state index contributed by atoms with van der Waals surface area (Å²) in [5.41, 5.74) is 0. The van der Waals surface area contributed by atoms with Crippen molar-refractivity contribution in [3.63, 3.8) is 0 Å². The van der Waals surface area contributed by atoms with Gasteiger partial charge in [-0.05, 0) is 31.4 Å². The van der Waals surface area contributed by atoms with Gasteiger partial charge < -0.3 is 14.2 Å². The quantitative estimate of drug-likeness (QED) is 0.0547. The van der Waals surface area contributed by atoms with Crippen molar-refractivity contribution >= 4 is 10.1 Å². The van der Waals surface area contributed by atoms with Gasteiger partial charge in [0, 0.05) is 0 Å². The molecule has 0 amide bonds. The highest BCUT2D eigenvalue weighted by Gasteiger charge is 2.25. The molecule has 0 radical (unpaired) electrons. The summed E-state index contributed by atoms with van der Waals surface area (Å²) in [6, 6.07) is 3.01. The fourth-order valence-electron chi connectivity index (χ4n) is 6.42.